The molecule has 1 amide bonds. The number of aromatic nitrogens is 2. The zero-order valence-electron chi connectivity index (χ0n) is 13.7. The summed E-state index contributed by atoms with van der Waals surface area (Å²) in [5, 5.41) is 4.14. The second-order valence-corrected chi connectivity index (χ2v) is 6.12. The number of hydrogen-bond acceptors (Lipinski definition) is 4. The first-order chi connectivity index (χ1) is 11.3. The molecule has 0 saturated carbocycles. The fourth-order valence-corrected chi connectivity index (χ4v) is 3.13. The van der Waals surface area contributed by atoms with Crippen LogP contribution in [0, 0.1) is 5.92 Å². The number of anilines is 1. The lowest BCUT2D eigenvalue weighted by Crippen LogP contribution is -2.41. The number of para-hydroxylation sites is 1. The molecule has 1 aliphatic heterocycles. The van der Waals surface area contributed by atoms with Crippen LogP contribution in [0.3, 0.4) is 0 Å². The van der Waals surface area contributed by atoms with Crippen LogP contribution in [-0.4, -0.2) is 35.5 Å². The Balaban J connectivity index is 1.63. The Bertz CT molecular complexity index is 660. The normalized spacial score (nSPS) is 15.8. The van der Waals surface area contributed by atoms with Crippen LogP contribution >= 0.6 is 0 Å². The summed E-state index contributed by atoms with van der Waals surface area (Å²) in [5.74, 6) is 1.34. The molecule has 2 aromatic rings. The lowest BCUT2D eigenvalue weighted by Gasteiger charge is -2.32. The van der Waals surface area contributed by atoms with Gasteiger partial charge in [-0.25, -0.2) is 9.97 Å². The molecule has 5 heteroatoms. The van der Waals surface area contributed by atoms with Gasteiger partial charge in [-0.15, -0.1) is 0 Å². The summed E-state index contributed by atoms with van der Waals surface area (Å²) in [5.41, 5.74) is 0.969. The molecule has 0 bridgehead atoms. The van der Waals surface area contributed by atoms with Gasteiger partial charge in [0.15, 0.2) is 0 Å². The third-order valence-corrected chi connectivity index (χ3v) is 4.52. The largest absolute Gasteiger partial charge is 0.356 e. The van der Waals surface area contributed by atoms with E-state index in [2.05, 4.69) is 33.2 Å². The van der Waals surface area contributed by atoms with Crippen molar-refractivity contribution in [2.45, 2.75) is 32.6 Å². The number of fused-ring (bicyclic) bond motifs is 1. The van der Waals surface area contributed by atoms with Gasteiger partial charge in [-0.05, 0) is 31.4 Å². The van der Waals surface area contributed by atoms with Gasteiger partial charge in [0.2, 0.25) is 5.91 Å². The summed E-state index contributed by atoms with van der Waals surface area (Å²) >= 11 is 0. The molecule has 1 fully saturated rings. The lowest BCUT2D eigenvalue weighted by molar-refractivity contribution is -0.125. The highest BCUT2D eigenvalue weighted by Crippen LogP contribution is 2.27. The molecule has 23 heavy (non-hydrogen) atoms. The van der Waals surface area contributed by atoms with Gasteiger partial charge in [-0.3, -0.25) is 4.79 Å². The molecular formula is C18H24N4O. The lowest BCUT2D eigenvalue weighted by atomic mass is 9.95. The minimum absolute atomic E-state index is 0.135. The van der Waals surface area contributed by atoms with E-state index in [-0.39, 0.29) is 11.8 Å². The first-order valence-electron chi connectivity index (χ1n) is 8.52. The zero-order chi connectivity index (χ0) is 16.1. The Kier molecular flexibility index (Phi) is 5.05. The summed E-state index contributed by atoms with van der Waals surface area (Å²) in [7, 11) is 0. The molecule has 1 saturated heterocycles. The van der Waals surface area contributed by atoms with Crippen molar-refractivity contribution in [3.8, 4) is 0 Å². The fraction of sp³-hybridized carbons (Fsp3) is 0.500. The average molecular weight is 312 g/mol. The topological polar surface area (TPSA) is 58.1 Å². The summed E-state index contributed by atoms with van der Waals surface area (Å²) < 4.78 is 0. The Labute approximate surface area is 137 Å². The van der Waals surface area contributed by atoms with Crippen LogP contribution in [0.25, 0.3) is 10.9 Å². The molecule has 0 spiro atoms. The molecule has 1 aliphatic rings. The van der Waals surface area contributed by atoms with Crippen LogP contribution in [0.5, 0.6) is 0 Å². The van der Waals surface area contributed by atoms with Crippen LogP contribution in [0.4, 0.5) is 5.82 Å². The van der Waals surface area contributed by atoms with Crippen LogP contribution in [-0.2, 0) is 4.79 Å². The second-order valence-electron chi connectivity index (χ2n) is 6.12. The van der Waals surface area contributed by atoms with Crippen molar-refractivity contribution in [3.63, 3.8) is 0 Å². The maximum absolute atomic E-state index is 12.2. The third-order valence-electron chi connectivity index (χ3n) is 4.52. The minimum atomic E-state index is 0.135. The van der Waals surface area contributed by atoms with Gasteiger partial charge >= 0.3 is 0 Å². The molecule has 0 unspecified atom stereocenters. The smallest absolute Gasteiger partial charge is 0.223 e. The number of piperidine rings is 1. The third kappa shape index (κ3) is 3.60. The number of hydrogen-bond donors (Lipinski definition) is 1. The van der Waals surface area contributed by atoms with Crippen molar-refractivity contribution in [1.82, 2.24) is 15.3 Å². The molecular weight excluding hydrogens is 288 g/mol. The summed E-state index contributed by atoms with van der Waals surface area (Å²) in [6.07, 6.45) is 5.56. The van der Waals surface area contributed by atoms with Gasteiger partial charge < -0.3 is 10.2 Å². The molecule has 3 rings (SSSR count). The highest BCUT2D eigenvalue weighted by molar-refractivity contribution is 5.89. The predicted octanol–water partition coefficient (Wildman–Crippen LogP) is 2.76. The van der Waals surface area contributed by atoms with Crippen LogP contribution in [0.1, 0.15) is 32.6 Å². The average Bonchev–Trinajstić information content (AvgIpc) is 2.61. The fourth-order valence-electron chi connectivity index (χ4n) is 3.13. The Morgan fingerprint density at radius 3 is 2.83 bits per heavy atom. The molecule has 1 aromatic heterocycles. The highest BCUT2D eigenvalue weighted by Gasteiger charge is 2.26. The molecule has 0 aliphatic carbocycles. The van der Waals surface area contributed by atoms with E-state index in [4.69, 9.17) is 0 Å². The maximum Gasteiger partial charge on any atom is 0.223 e. The Hall–Kier alpha value is -2.17. The van der Waals surface area contributed by atoms with Crippen molar-refractivity contribution < 1.29 is 4.79 Å². The molecule has 0 atom stereocenters. The van der Waals surface area contributed by atoms with Crippen molar-refractivity contribution >= 4 is 22.6 Å². The molecule has 0 radical (unpaired) electrons. The number of unbranched alkanes of at least 4 members (excludes halogenated alkanes) is 1. The van der Waals surface area contributed by atoms with Gasteiger partial charge in [-0.1, -0.05) is 25.5 Å². The number of amides is 1. The van der Waals surface area contributed by atoms with E-state index in [1.54, 1.807) is 6.33 Å². The zero-order valence-corrected chi connectivity index (χ0v) is 13.7. The monoisotopic (exact) mass is 312 g/mol. The van der Waals surface area contributed by atoms with Gasteiger partial charge in [0, 0.05) is 30.9 Å². The summed E-state index contributed by atoms with van der Waals surface area (Å²) in [6.45, 7) is 4.67. The van der Waals surface area contributed by atoms with E-state index in [1.807, 2.05) is 18.2 Å². The number of nitrogens with one attached hydrogen (secondary N) is 1. The SMILES string of the molecule is CCCCNC(=O)C1CCN(c2ncnc3ccccc23)CC1. The molecule has 1 N–H and O–H groups in total. The van der Waals surface area contributed by atoms with Crippen molar-refractivity contribution in [2.75, 3.05) is 24.5 Å². The Morgan fingerprint density at radius 1 is 1.26 bits per heavy atom. The van der Waals surface area contributed by atoms with Crippen molar-refractivity contribution in [3.05, 3.63) is 30.6 Å². The minimum Gasteiger partial charge on any atom is -0.356 e. The van der Waals surface area contributed by atoms with Gasteiger partial charge in [0.1, 0.15) is 12.1 Å². The molecule has 5 nitrogen and oxygen atoms in total. The molecule has 122 valence electrons. The van der Waals surface area contributed by atoms with Gasteiger partial charge in [-0.2, -0.15) is 0 Å². The molecule has 1 aromatic carbocycles. The quantitative estimate of drug-likeness (QED) is 0.863. The number of benzene rings is 1. The predicted molar refractivity (Wildman–Crippen MR) is 92.4 cm³/mol. The standard InChI is InChI=1S/C18H24N4O/c1-2-3-10-19-18(23)14-8-11-22(12-9-14)17-15-6-4-5-7-16(15)20-13-21-17/h4-7,13-14H,2-3,8-12H2,1H3,(H,19,23). The van der Waals surface area contributed by atoms with E-state index >= 15 is 0 Å². The number of nitrogens with zero attached hydrogens (tertiary/aromatic N) is 3. The van der Waals surface area contributed by atoms with Crippen LogP contribution in [0.15, 0.2) is 30.6 Å². The van der Waals surface area contributed by atoms with E-state index < -0.39 is 0 Å². The first-order valence-corrected chi connectivity index (χ1v) is 8.52. The van der Waals surface area contributed by atoms with Crippen LogP contribution in [0.2, 0.25) is 0 Å². The first kappa shape index (κ1) is 15.7. The maximum atomic E-state index is 12.2. The number of carbonyl (C=O) groups is 1. The summed E-state index contributed by atoms with van der Waals surface area (Å²) in [4.78, 5) is 23.2. The van der Waals surface area contributed by atoms with E-state index in [0.29, 0.717) is 0 Å². The highest BCUT2D eigenvalue weighted by atomic mass is 16.1. The summed E-state index contributed by atoms with van der Waals surface area (Å²) in [6, 6.07) is 8.08. The number of rotatable bonds is 5. The second kappa shape index (κ2) is 7.40. The molecule has 2 heterocycles. The van der Waals surface area contributed by atoms with Crippen molar-refractivity contribution in [2.24, 2.45) is 5.92 Å². The Morgan fingerprint density at radius 2 is 2.04 bits per heavy atom. The van der Waals surface area contributed by atoms with Crippen LogP contribution < -0.4 is 10.2 Å². The van der Waals surface area contributed by atoms with E-state index in [0.717, 1.165) is 62.0 Å². The van der Waals surface area contributed by atoms with Crippen molar-refractivity contribution in [1.29, 1.82) is 0 Å². The van der Waals surface area contributed by atoms with Gasteiger partial charge in [0.05, 0.1) is 5.52 Å². The van der Waals surface area contributed by atoms with E-state index in [1.165, 1.54) is 0 Å². The number of carbonyl (C=O) groups excluding carboxylic acids is 1. The van der Waals surface area contributed by atoms with Gasteiger partial charge in [0.25, 0.3) is 0 Å². The van der Waals surface area contributed by atoms with E-state index in [9.17, 15) is 4.79 Å².